The Morgan fingerprint density at radius 1 is 1.50 bits per heavy atom. The summed E-state index contributed by atoms with van der Waals surface area (Å²) in [6, 6.07) is 0. The monoisotopic (exact) mass is 172 g/mol. The average Bonchev–Trinajstić information content (AvgIpc) is 1.80. The molecule has 2 nitrogen and oxygen atoms in total. The van der Waals surface area contributed by atoms with Crippen molar-refractivity contribution in [1.82, 2.24) is 0 Å². The molecule has 56 valence electrons. The van der Waals surface area contributed by atoms with E-state index in [0.29, 0.717) is 0 Å². The predicted octanol–water partition coefficient (Wildman–Crippen LogP) is 1.94. The van der Waals surface area contributed by atoms with Crippen LogP contribution in [0.3, 0.4) is 0 Å². The summed E-state index contributed by atoms with van der Waals surface area (Å²) in [7, 11) is 0. The minimum atomic E-state index is -0.758. The molecule has 0 unspecified atom stereocenters. The standard InChI is InChI=1S/C6H12O2S.Na.H/c1-2-3-4-5-9-6(7)8;;/h2-5H2,1H3,(H,7,8);;. The van der Waals surface area contributed by atoms with Gasteiger partial charge in [0.05, 0.1) is 0 Å². The molecule has 0 aromatic heterocycles. The van der Waals surface area contributed by atoms with E-state index in [1.165, 1.54) is 0 Å². The molecule has 0 saturated heterocycles. The van der Waals surface area contributed by atoms with Crippen molar-refractivity contribution in [3.05, 3.63) is 0 Å². The van der Waals surface area contributed by atoms with Gasteiger partial charge in [0.1, 0.15) is 0 Å². The van der Waals surface area contributed by atoms with E-state index in [4.69, 9.17) is 5.11 Å². The fraction of sp³-hybridized carbons (Fsp3) is 0.833. The summed E-state index contributed by atoms with van der Waals surface area (Å²) >= 11 is 0.988. The molecule has 0 heterocycles. The Labute approximate surface area is 88.1 Å². The van der Waals surface area contributed by atoms with Crippen LogP contribution in [0.4, 0.5) is 4.79 Å². The van der Waals surface area contributed by atoms with Crippen molar-refractivity contribution in [2.45, 2.75) is 26.2 Å². The van der Waals surface area contributed by atoms with Gasteiger partial charge in [0, 0.05) is 5.75 Å². The fourth-order valence-corrected chi connectivity index (χ4v) is 1.03. The Kier molecular flexibility index (Phi) is 13.2. The number of carbonyl (C=O) groups is 1. The fourth-order valence-electron chi connectivity index (χ4n) is 0.512. The third-order valence-electron chi connectivity index (χ3n) is 0.973. The number of carboxylic acid groups (broad SMARTS) is 1. The molecule has 0 aliphatic rings. The molecule has 0 saturated carbocycles. The van der Waals surface area contributed by atoms with Crippen LogP contribution in [0, 0.1) is 0 Å². The van der Waals surface area contributed by atoms with E-state index < -0.39 is 5.30 Å². The minimum absolute atomic E-state index is 0. The van der Waals surface area contributed by atoms with E-state index in [9.17, 15) is 4.79 Å². The van der Waals surface area contributed by atoms with Crippen molar-refractivity contribution >= 4 is 46.6 Å². The molecular weight excluding hydrogens is 159 g/mol. The van der Waals surface area contributed by atoms with Gasteiger partial charge < -0.3 is 5.11 Å². The van der Waals surface area contributed by atoms with Crippen LogP contribution in [0.5, 0.6) is 0 Å². The van der Waals surface area contributed by atoms with Gasteiger partial charge in [0.2, 0.25) is 0 Å². The topological polar surface area (TPSA) is 37.3 Å². The average molecular weight is 172 g/mol. The third kappa shape index (κ3) is 11.6. The SMILES string of the molecule is CCCCCSC(=O)O.[NaH]. The molecule has 0 aliphatic heterocycles. The number of unbranched alkanes of at least 4 members (excludes halogenated alkanes) is 2. The van der Waals surface area contributed by atoms with E-state index >= 15 is 0 Å². The van der Waals surface area contributed by atoms with E-state index in [1.807, 2.05) is 0 Å². The van der Waals surface area contributed by atoms with Crippen molar-refractivity contribution in [2.75, 3.05) is 5.75 Å². The molecule has 0 spiro atoms. The first-order valence-corrected chi connectivity index (χ1v) is 4.11. The molecule has 0 aromatic rings. The van der Waals surface area contributed by atoms with Gasteiger partial charge in [-0.25, -0.2) is 4.79 Å². The number of hydrogen-bond acceptors (Lipinski definition) is 2. The zero-order valence-electron chi connectivity index (χ0n) is 5.59. The Morgan fingerprint density at radius 3 is 2.50 bits per heavy atom. The predicted molar refractivity (Wildman–Crippen MR) is 47.2 cm³/mol. The second-order valence-electron chi connectivity index (χ2n) is 1.82. The Balaban J connectivity index is 0. The van der Waals surface area contributed by atoms with Crippen molar-refractivity contribution in [1.29, 1.82) is 0 Å². The van der Waals surface area contributed by atoms with Crippen LogP contribution in [0.1, 0.15) is 26.2 Å². The summed E-state index contributed by atoms with van der Waals surface area (Å²) in [5, 5.41) is 7.42. The van der Waals surface area contributed by atoms with Crippen molar-refractivity contribution in [2.24, 2.45) is 0 Å². The molecule has 4 heteroatoms. The van der Waals surface area contributed by atoms with Crippen LogP contribution < -0.4 is 0 Å². The van der Waals surface area contributed by atoms with E-state index in [0.717, 1.165) is 36.8 Å². The molecule has 0 aromatic carbocycles. The molecule has 0 amide bonds. The zero-order valence-corrected chi connectivity index (χ0v) is 6.41. The van der Waals surface area contributed by atoms with Crippen molar-refractivity contribution in [3.63, 3.8) is 0 Å². The number of thioether (sulfide) groups is 1. The summed E-state index contributed by atoms with van der Waals surface area (Å²) in [6.45, 7) is 2.10. The van der Waals surface area contributed by atoms with Crippen LogP contribution in [0.15, 0.2) is 0 Å². The maximum atomic E-state index is 9.93. The van der Waals surface area contributed by atoms with Crippen LogP contribution in [-0.2, 0) is 0 Å². The zero-order chi connectivity index (χ0) is 7.11. The molecule has 10 heavy (non-hydrogen) atoms. The second-order valence-corrected chi connectivity index (χ2v) is 2.87. The first-order chi connectivity index (χ1) is 4.27. The van der Waals surface area contributed by atoms with Crippen LogP contribution >= 0.6 is 11.8 Å². The van der Waals surface area contributed by atoms with Gasteiger partial charge >= 0.3 is 34.9 Å². The summed E-state index contributed by atoms with van der Waals surface area (Å²) in [5.74, 6) is 0.753. The summed E-state index contributed by atoms with van der Waals surface area (Å²) in [6.07, 6.45) is 3.31. The normalized spacial score (nSPS) is 8.50. The van der Waals surface area contributed by atoms with E-state index in [2.05, 4.69) is 6.92 Å². The quantitative estimate of drug-likeness (QED) is 0.520. The Morgan fingerprint density at radius 2 is 2.10 bits per heavy atom. The van der Waals surface area contributed by atoms with Crippen LogP contribution in [0.25, 0.3) is 0 Å². The van der Waals surface area contributed by atoms with Crippen molar-refractivity contribution in [3.8, 4) is 0 Å². The first kappa shape index (κ1) is 13.4. The maximum absolute atomic E-state index is 9.93. The molecule has 0 radical (unpaired) electrons. The molecule has 0 aliphatic carbocycles. The van der Waals surface area contributed by atoms with Crippen LogP contribution in [-0.4, -0.2) is 45.7 Å². The molecule has 0 atom stereocenters. The summed E-state index contributed by atoms with van der Waals surface area (Å²) in [5.41, 5.74) is 0. The molecule has 0 rings (SSSR count). The number of hydrogen-bond donors (Lipinski definition) is 1. The Bertz CT molecular complexity index is 87.8. The second kappa shape index (κ2) is 9.82. The summed E-state index contributed by atoms with van der Waals surface area (Å²) < 4.78 is 0. The van der Waals surface area contributed by atoms with Gasteiger partial charge in [-0.2, -0.15) is 0 Å². The molecular formula is C6H13NaO2S. The molecule has 0 fully saturated rings. The molecule has 0 bridgehead atoms. The Hall–Kier alpha value is 0.820. The third-order valence-corrected chi connectivity index (χ3v) is 1.71. The van der Waals surface area contributed by atoms with Crippen molar-refractivity contribution < 1.29 is 9.90 Å². The van der Waals surface area contributed by atoms with Gasteiger partial charge in [-0.05, 0) is 18.2 Å². The van der Waals surface area contributed by atoms with Gasteiger partial charge in [0.15, 0.2) is 0 Å². The number of rotatable bonds is 4. The van der Waals surface area contributed by atoms with Gasteiger partial charge in [0.25, 0.3) is 0 Å². The van der Waals surface area contributed by atoms with Gasteiger partial charge in [-0.3, -0.25) is 0 Å². The molecule has 1 N–H and O–H groups in total. The van der Waals surface area contributed by atoms with Crippen LogP contribution in [0.2, 0.25) is 0 Å². The van der Waals surface area contributed by atoms with E-state index in [1.54, 1.807) is 0 Å². The van der Waals surface area contributed by atoms with E-state index in [-0.39, 0.29) is 29.6 Å². The first-order valence-electron chi connectivity index (χ1n) is 3.13. The van der Waals surface area contributed by atoms with Gasteiger partial charge in [-0.1, -0.05) is 19.8 Å². The van der Waals surface area contributed by atoms with Gasteiger partial charge in [-0.15, -0.1) is 0 Å². The summed E-state index contributed by atoms with van der Waals surface area (Å²) in [4.78, 5) is 9.93.